The molecular weight excluding hydrogens is 308 g/mol. The fourth-order valence-electron chi connectivity index (χ4n) is 2.08. The Morgan fingerprint density at radius 2 is 2.10 bits per heavy atom. The van der Waals surface area contributed by atoms with E-state index in [9.17, 15) is 0 Å². The third-order valence-electron chi connectivity index (χ3n) is 2.92. The number of rotatable bonds is 4. The van der Waals surface area contributed by atoms with Gasteiger partial charge in [0.1, 0.15) is 16.6 Å². The second-order valence-corrected chi connectivity index (χ2v) is 7.70. The highest BCUT2D eigenvalue weighted by molar-refractivity contribution is 7.73. The molecule has 0 aliphatic rings. The van der Waals surface area contributed by atoms with Gasteiger partial charge in [0.25, 0.3) is 0 Å². The molecule has 0 spiro atoms. The molecule has 0 saturated heterocycles. The molecule has 3 aromatic rings. The second kappa shape index (κ2) is 5.69. The van der Waals surface area contributed by atoms with Crippen LogP contribution in [0.3, 0.4) is 0 Å². The van der Waals surface area contributed by atoms with Crippen molar-refractivity contribution in [3.8, 4) is 0 Å². The SMILES string of the molecule is Cc1nn(C[NH+](C)Cc2nc3ccccc3s2)c(=S)s1. The highest BCUT2D eigenvalue weighted by Crippen LogP contribution is 2.20. The van der Waals surface area contributed by atoms with Gasteiger partial charge in [0.15, 0.2) is 10.6 Å². The molecule has 2 heterocycles. The van der Waals surface area contributed by atoms with Crippen LogP contribution in [-0.2, 0) is 13.2 Å². The monoisotopic (exact) mass is 323 g/mol. The van der Waals surface area contributed by atoms with E-state index in [2.05, 4.69) is 35.3 Å². The van der Waals surface area contributed by atoms with Crippen LogP contribution in [0.5, 0.6) is 0 Å². The Bertz CT molecular complexity index is 753. The molecule has 1 aromatic carbocycles. The van der Waals surface area contributed by atoms with Crippen molar-refractivity contribution in [1.29, 1.82) is 0 Å². The molecule has 0 saturated carbocycles. The minimum atomic E-state index is 0.777. The number of nitrogens with zero attached hydrogens (tertiary/aromatic N) is 3. The molecule has 1 N–H and O–H groups in total. The van der Waals surface area contributed by atoms with Crippen LogP contribution in [0.25, 0.3) is 10.2 Å². The summed E-state index contributed by atoms with van der Waals surface area (Å²) in [5.74, 6) is 0. The molecule has 0 aliphatic heterocycles. The normalized spacial score (nSPS) is 12.9. The Hall–Kier alpha value is -1.15. The number of quaternary nitrogens is 1. The Morgan fingerprint density at radius 1 is 1.30 bits per heavy atom. The van der Waals surface area contributed by atoms with Crippen molar-refractivity contribution < 1.29 is 4.90 Å². The third-order valence-corrected chi connectivity index (χ3v) is 5.18. The molecule has 104 valence electrons. The number of benzene rings is 1. The van der Waals surface area contributed by atoms with E-state index in [1.165, 1.54) is 9.60 Å². The third kappa shape index (κ3) is 2.95. The lowest BCUT2D eigenvalue weighted by atomic mass is 10.3. The van der Waals surface area contributed by atoms with Crippen LogP contribution < -0.4 is 4.90 Å². The fraction of sp³-hybridized carbons (Fsp3) is 0.308. The summed E-state index contributed by atoms with van der Waals surface area (Å²) in [6, 6.07) is 8.26. The molecule has 1 unspecified atom stereocenters. The summed E-state index contributed by atoms with van der Waals surface area (Å²) >= 11 is 8.62. The summed E-state index contributed by atoms with van der Waals surface area (Å²) < 4.78 is 3.99. The minimum Gasteiger partial charge on any atom is -0.313 e. The molecular formula is C13H15N4S3+. The number of aryl methyl sites for hydroxylation is 1. The Labute approximate surface area is 130 Å². The van der Waals surface area contributed by atoms with Gasteiger partial charge >= 0.3 is 0 Å². The van der Waals surface area contributed by atoms with Gasteiger partial charge in [-0.1, -0.05) is 23.5 Å². The zero-order valence-electron chi connectivity index (χ0n) is 11.3. The molecule has 4 nitrogen and oxygen atoms in total. The van der Waals surface area contributed by atoms with Crippen LogP contribution in [0.1, 0.15) is 10.0 Å². The van der Waals surface area contributed by atoms with E-state index in [4.69, 9.17) is 12.2 Å². The van der Waals surface area contributed by atoms with Gasteiger partial charge in [-0.15, -0.1) is 11.3 Å². The summed E-state index contributed by atoms with van der Waals surface area (Å²) in [5.41, 5.74) is 1.08. The van der Waals surface area contributed by atoms with Crippen LogP contribution in [-0.4, -0.2) is 21.8 Å². The van der Waals surface area contributed by atoms with E-state index < -0.39 is 0 Å². The van der Waals surface area contributed by atoms with E-state index in [1.807, 2.05) is 17.7 Å². The molecule has 0 amide bonds. The number of hydrogen-bond donors (Lipinski definition) is 1. The first-order valence-corrected chi connectivity index (χ1v) is 8.36. The van der Waals surface area contributed by atoms with E-state index in [0.29, 0.717) is 0 Å². The van der Waals surface area contributed by atoms with Crippen LogP contribution in [0.4, 0.5) is 0 Å². The smallest absolute Gasteiger partial charge is 0.184 e. The van der Waals surface area contributed by atoms with Gasteiger partial charge in [-0.05, 0) is 31.3 Å². The van der Waals surface area contributed by atoms with Gasteiger partial charge in [-0.3, -0.25) is 0 Å². The fourth-order valence-corrected chi connectivity index (χ4v) is 4.23. The van der Waals surface area contributed by atoms with E-state index >= 15 is 0 Å². The Kier molecular flexibility index (Phi) is 3.93. The summed E-state index contributed by atoms with van der Waals surface area (Å²) in [5, 5.41) is 6.60. The second-order valence-electron chi connectivity index (χ2n) is 4.75. The number of para-hydroxylation sites is 1. The molecule has 0 fully saturated rings. The van der Waals surface area contributed by atoms with Crippen molar-refractivity contribution in [2.24, 2.45) is 0 Å². The average molecular weight is 323 g/mol. The van der Waals surface area contributed by atoms with Gasteiger partial charge in [0.05, 0.1) is 17.3 Å². The zero-order valence-corrected chi connectivity index (χ0v) is 13.7. The van der Waals surface area contributed by atoms with Crippen LogP contribution >= 0.6 is 34.9 Å². The predicted octanol–water partition coefficient (Wildman–Crippen LogP) is 2.26. The number of fused-ring (bicyclic) bond motifs is 1. The standard InChI is InChI=1S/C13H14N4S3/c1-9-15-17(13(18)19-9)8-16(2)7-12-14-10-5-3-4-6-11(10)20-12/h3-6H,7-8H2,1-2H3/p+1. The van der Waals surface area contributed by atoms with Crippen molar-refractivity contribution in [2.75, 3.05) is 7.05 Å². The quantitative estimate of drug-likeness (QED) is 0.748. The van der Waals surface area contributed by atoms with Crippen molar-refractivity contribution in [3.05, 3.63) is 38.2 Å². The topological polar surface area (TPSA) is 35.2 Å². The summed E-state index contributed by atoms with van der Waals surface area (Å²) in [7, 11) is 2.14. The van der Waals surface area contributed by atoms with Gasteiger partial charge in [0, 0.05) is 0 Å². The van der Waals surface area contributed by atoms with Crippen molar-refractivity contribution >= 4 is 45.1 Å². The molecule has 3 rings (SSSR count). The summed E-state index contributed by atoms with van der Waals surface area (Å²) in [4.78, 5) is 5.99. The molecule has 2 aromatic heterocycles. The lowest BCUT2D eigenvalue weighted by Crippen LogP contribution is -3.07. The molecule has 0 radical (unpaired) electrons. The van der Waals surface area contributed by atoms with Gasteiger partial charge in [-0.25, -0.2) is 4.98 Å². The number of aromatic nitrogens is 3. The molecule has 20 heavy (non-hydrogen) atoms. The molecule has 0 bridgehead atoms. The zero-order chi connectivity index (χ0) is 14.1. The van der Waals surface area contributed by atoms with Gasteiger partial charge in [-0.2, -0.15) is 9.78 Å². The lowest BCUT2D eigenvalue weighted by molar-refractivity contribution is -0.917. The van der Waals surface area contributed by atoms with Crippen molar-refractivity contribution in [2.45, 2.75) is 20.1 Å². The Morgan fingerprint density at radius 3 is 2.80 bits per heavy atom. The van der Waals surface area contributed by atoms with E-state index in [0.717, 1.165) is 32.7 Å². The van der Waals surface area contributed by atoms with Gasteiger partial charge < -0.3 is 4.90 Å². The maximum Gasteiger partial charge on any atom is 0.184 e. The molecule has 1 atom stereocenters. The van der Waals surface area contributed by atoms with Crippen LogP contribution in [0, 0.1) is 10.9 Å². The number of hydrogen-bond acceptors (Lipinski definition) is 5. The molecule has 7 heteroatoms. The minimum absolute atomic E-state index is 0.777. The average Bonchev–Trinajstić information content (AvgIpc) is 2.92. The first-order chi connectivity index (χ1) is 9.61. The maximum absolute atomic E-state index is 5.30. The number of nitrogens with one attached hydrogen (secondary N) is 1. The van der Waals surface area contributed by atoms with Crippen LogP contribution in [0.15, 0.2) is 24.3 Å². The summed E-state index contributed by atoms with van der Waals surface area (Å²) in [6.07, 6.45) is 0. The highest BCUT2D eigenvalue weighted by Gasteiger charge is 2.11. The van der Waals surface area contributed by atoms with E-state index in [1.54, 1.807) is 22.7 Å². The first kappa shape index (κ1) is 13.8. The Balaban J connectivity index is 1.73. The highest BCUT2D eigenvalue weighted by atomic mass is 32.1. The predicted molar refractivity (Wildman–Crippen MR) is 85.9 cm³/mol. The van der Waals surface area contributed by atoms with Crippen molar-refractivity contribution in [1.82, 2.24) is 14.8 Å². The largest absolute Gasteiger partial charge is 0.313 e. The van der Waals surface area contributed by atoms with Crippen molar-refractivity contribution in [3.63, 3.8) is 0 Å². The van der Waals surface area contributed by atoms with E-state index in [-0.39, 0.29) is 0 Å². The molecule has 0 aliphatic carbocycles. The van der Waals surface area contributed by atoms with Gasteiger partial charge in [0.2, 0.25) is 0 Å². The number of thiazole rings is 1. The summed E-state index contributed by atoms with van der Waals surface area (Å²) in [6.45, 7) is 3.65. The maximum atomic E-state index is 5.30. The van der Waals surface area contributed by atoms with Crippen LogP contribution in [0.2, 0.25) is 0 Å². The lowest BCUT2D eigenvalue weighted by Gasteiger charge is -2.11. The first-order valence-electron chi connectivity index (χ1n) is 6.32.